The average molecular weight is 408 g/mol. The first-order valence-corrected chi connectivity index (χ1v) is 12.1. The Morgan fingerprint density at radius 3 is 2.85 bits per heavy atom. The summed E-state index contributed by atoms with van der Waals surface area (Å²) in [5.41, 5.74) is 1.02. The van der Waals surface area contributed by atoms with Gasteiger partial charge in [-0.3, -0.25) is 9.69 Å². The highest BCUT2D eigenvalue weighted by atomic mass is 32.2. The first-order chi connectivity index (χ1) is 12.9. The van der Waals surface area contributed by atoms with Crippen molar-refractivity contribution in [3.05, 3.63) is 29.3 Å². The first-order valence-electron chi connectivity index (χ1n) is 9.48. The molecule has 2 aliphatic heterocycles. The van der Waals surface area contributed by atoms with Crippen LogP contribution in [-0.2, 0) is 14.6 Å². The van der Waals surface area contributed by atoms with Crippen molar-refractivity contribution in [1.29, 1.82) is 0 Å². The summed E-state index contributed by atoms with van der Waals surface area (Å²) in [7, 11) is -1.25. The molecule has 1 aromatic heterocycles. The number of likely N-dealkylation sites (tertiary alicyclic amines) is 1. The Hall–Kier alpha value is -1.51. The number of hydrogen-bond acceptors (Lipinski definition) is 6. The highest BCUT2D eigenvalue weighted by Gasteiger charge is 2.34. The Morgan fingerprint density at radius 1 is 1.30 bits per heavy atom. The van der Waals surface area contributed by atoms with E-state index in [9.17, 15) is 13.2 Å². The van der Waals surface area contributed by atoms with Gasteiger partial charge in [-0.05, 0) is 37.9 Å². The molecule has 0 aliphatic carbocycles. The first kappa shape index (κ1) is 18.8. The van der Waals surface area contributed by atoms with Crippen LogP contribution in [0, 0.1) is 0 Å². The molecule has 4 rings (SSSR count). The number of hydrogen-bond donors (Lipinski definition) is 0. The summed E-state index contributed by atoms with van der Waals surface area (Å²) >= 11 is 1.71. The zero-order chi connectivity index (χ0) is 19.0. The summed E-state index contributed by atoms with van der Waals surface area (Å²) in [5, 5.41) is 1.08. The highest BCUT2D eigenvalue weighted by molar-refractivity contribution is 7.91. The van der Waals surface area contributed by atoms with Gasteiger partial charge in [-0.1, -0.05) is 18.6 Å². The molecule has 2 fully saturated rings. The molecule has 146 valence electrons. The molecule has 0 N–H and O–H groups in total. The number of carbonyl (C=O) groups excluding carboxylic acids is 1. The zero-order valence-electron chi connectivity index (χ0n) is 15.5. The van der Waals surface area contributed by atoms with Gasteiger partial charge in [-0.2, -0.15) is 0 Å². The van der Waals surface area contributed by atoms with Gasteiger partial charge in [0.25, 0.3) is 0 Å². The molecule has 2 aliphatic rings. The summed E-state index contributed by atoms with van der Waals surface area (Å²) < 4.78 is 24.6. The molecule has 0 spiro atoms. The molecule has 1 aromatic carbocycles. The lowest BCUT2D eigenvalue weighted by Crippen LogP contribution is -2.46. The molecular formula is C19H25N3O3S2. The molecule has 1 amide bonds. The quantitative estimate of drug-likeness (QED) is 0.779. The van der Waals surface area contributed by atoms with E-state index in [0.29, 0.717) is 13.0 Å². The van der Waals surface area contributed by atoms with Crippen molar-refractivity contribution in [2.24, 2.45) is 0 Å². The molecule has 2 saturated heterocycles. The van der Waals surface area contributed by atoms with Gasteiger partial charge in [0, 0.05) is 13.1 Å². The number of likely N-dealkylation sites (N-methyl/N-ethyl adjacent to an activating group) is 1. The Balaban J connectivity index is 1.48. The van der Waals surface area contributed by atoms with Crippen molar-refractivity contribution in [2.75, 3.05) is 31.6 Å². The van der Waals surface area contributed by atoms with Gasteiger partial charge in [-0.25, -0.2) is 13.4 Å². The van der Waals surface area contributed by atoms with E-state index >= 15 is 0 Å². The number of fused-ring (bicyclic) bond motifs is 1. The lowest BCUT2D eigenvalue weighted by Gasteiger charge is -2.35. The Morgan fingerprint density at radius 2 is 2.11 bits per heavy atom. The number of sulfone groups is 1. The average Bonchev–Trinajstić information content (AvgIpc) is 3.24. The van der Waals surface area contributed by atoms with E-state index in [1.54, 1.807) is 23.3 Å². The van der Waals surface area contributed by atoms with Crippen LogP contribution >= 0.6 is 11.3 Å². The van der Waals surface area contributed by atoms with Gasteiger partial charge >= 0.3 is 0 Å². The lowest BCUT2D eigenvalue weighted by molar-refractivity contribution is -0.133. The predicted molar refractivity (Wildman–Crippen MR) is 108 cm³/mol. The van der Waals surface area contributed by atoms with Crippen molar-refractivity contribution in [2.45, 2.75) is 37.8 Å². The van der Waals surface area contributed by atoms with Crippen molar-refractivity contribution < 1.29 is 13.2 Å². The number of nitrogens with zero attached hydrogens (tertiary/aromatic N) is 3. The number of carbonyl (C=O) groups is 1. The van der Waals surface area contributed by atoms with Gasteiger partial charge in [-0.15, -0.1) is 11.3 Å². The minimum Gasteiger partial charge on any atom is -0.341 e. The van der Waals surface area contributed by atoms with Crippen LogP contribution in [0.4, 0.5) is 0 Å². The van der Waals surface area contributed by atoms with Crippen molar-refractivity contribution in [1.82, 2.24) is 14.8 Å². The molecule has 8 heteroatoms. The number of amides is 1. The van der Waals surface area contributed by atoms with Gasteiger partial charge < -0.3 is 4.90 Å². The van der Waals surface area contributed by atoms with Crippen molar-refractivity contribution in [3.8, 4) is 0 Å². The molecule has 2 aromatic rings. The molecule has 6 nitrogen and oxygen atoms in total. The predicted octanol–water partition coefficient (Wildman–Crippen LogP) is 2.47. The van der Waals surface area contributed by atoms with Crippen molar-refractivity contribution >= 4 is 37.3 Å². The summed E-state index contributed by atoms with van der Waals surface area (Å²) in [4.78, 5) is 21.5. The zero-order valence-corrected chi connectivity index (χ0v) is 17.1. The van der Waals surface area contributed by atoms with E-state index in [0.717, 1.165) is 36.3 Å². The standard InChI is InChI=1S/C19H25N3O3S2/c1-21(14-9-11-27(24,25)13-14)18(23)12-22-10-5-4-7-16(22)19-20-15-6-2-3-8-17(15)26-19/h2-3,6,8,14,16H,4-5,7,9-13H2,1H3/t14-,16+/m0/s1. The summed E-state index contributed by atoms with van der Waals surface area (Å²) in [5.74, 6) is 0.286. The Labute approximate surface area is 164 Å². The fraction of sp³-hybridized carbons (Fsp3) is 0.579. The molecule has 0 radical (unpaired) electrons. The maximum absolute atomic E-state index is 12.8. The molecule has 3 heterocycles. The third-order valence-corrected chi connectivity index (χ3v) is 8.59. The van der Waals surface area contributed by atoms with Gasteiger partial charge in [0.1, 0.15) is 5.01 Å². The SMILES string of the molecule is CN(C(=O)CN1CCCC[C@@H]1c1nc2ccccc2s1)[C@H]1CCS(=O)(=O)C1. The minimum absolute atomic E-state index is 0.00473. The fourth-order valence-corrected chi connectivity index (χ4v) is 6.97. The third-order valence-electron chi connectivity index (χ3n) is 5.70. The minimum atomic E-state index is -2.99. The van der Waals surface area contributed by atoms with Crippen LogP contribution in [0.1, 0.15) is 36.7 Å². The van der Waals surface area contributed by atoms with E-state index in [2.05, 4.69) is 11.0 Å². The number of aromatic nitrogens is 1. The maximum atomic E-state index is 12.8. The molecule has 0 unspecified atom stereocenters. The number of rotatable bonds is 4. The molecule has 27 heavy (non-hydrogen) atoms. The van der Waals surface area contributed by atoms with E-state index in [-0.39, 0.29) is 29.5 Å². The van der Waals surface area contributed by atoms with Crippen LogP contribution in [0.3, 0.4) is 0 Å². The van der Waals surface area contributed by atoms with E-state index in [1.807, 2.05) is 18.2 Å². The van der Waals surface area contributed by atoms with E-state index in [1.165, 1.54) is 4.70 Å². The van der Waals surface area contributed by atoms with Gasteiger partial charge in [0.05, 0.1) is 34.3 Å². The van der Waals surface area contributed by atoms with Crippen LogP contribution in [0.5, 0.6) is 0 Å². The Bertz CT molecular complexity index is 908. The van der Waals surface area contributed by atoms with Crippen LogP contribution in [0.25, 0.3) is 10.2 Å². The van der Waals surface area contributed by atoms with Gasteiger partial charge in [0.15, 0.2) is 9.84 Å². The Kier molecular flexibility index (Phi) is 5.22. The van der Waals surface area contributed by atoms with Crippen LogP contribution in [-0.4, -0.2) is 66.8 Å². The summed E-state index contributed by atoms with van der Waals surface area (Å²) in [6, 6.07) is 8.12. The second-order valence-corrected chi connectivity index (χ2v) is 10.9. The lowest BCUT2D eigenvalue weighted by atomic mass is 10.0. The normalized spacial score (nSPS) is 25.7. The molecule has 0 saturated carbocycles. The molecule has 2 atom stereocenters. The number of benzene rings is 1. The molecule has 0 bridgehead atoms. The van der Waals surface area contributed by atoms with Crippen LogP contribution in [0.2, 0.25) is 0 Å². The largest absolute Gasteiger partial charge is 0.341 e. The van der Waals surface area contributed by atoms with E-state index in [4.69, 9.17) is 4.98 Å². The maximum Gasteiger partial charge on any atom is 0.236 e. The second-order valence-electron chi connectivity index (χ2n) is 7.56. The molecular weight excluding hydrogens is 382 g/mol. The van der Waals surface area contributed by atoms with Crippen LogP contribution < -0.4 is 0 Å². The fourth-order valence-electron chi connectivity index (χ4n) is 4.06. The van der Waals surface area contributed by atoms with Gasteiger partial charge in [0.2, 0.25) is 5.91 Å². The monoisotopic (exact) mass is 407 g/mol. The highest BCUT2D eigenvalue weighted by Crippen LogP contribution is 2.35. The third kappa shape index (κ3) is 4.02. The number of thiazole rings is 1. The smallest absolute Gasteiger partial charge is 0.236 e. The van der Waals surface area contributed by atoms with Crippen LogP contribution in [0.15, 0.2) is 24.3 Å². The summed E-state index contributed by atoms with van der Waals surface area (Å²) in [6.07, 6.45) is 3.78. The van der Waals surface area contributed by atoms with Crippen molar-refractivity contribution in [3.63, 3.8) is 0 Å². The number of piperidine rings is 1. The second kappa shape index (κ2) is 7.48. The number of para-hydroxylation sites is 1. The topological polar surface area (TPSA) is 70.6 Å². The van der Waals surface area contributed by atoms with E-state index < -0.39 is 9.84 Å². The summed E-state index contributed by atoms with van der Waals surface area (Å²) in [6.45, 7) is 1.21.